The van der Waals surface area contributed by atoms with Crippen LogP contribution in [0.4, 0.5) is 5.69 Å². The molecule has 3 aromatic carbocycles. The van der Waals surface area contributed by atoms with Gasteiger partial charge in [-0.25, -0.2) is 0 Å². The molecular formula is C25H19Cl2NO4. The molecule has 0 fully saturated rings. The number of phenolic OH excluding ortho intramolecular Hbond substituents is 1. The largest absolute Gasteiger partial charge is 0.508 e. The minimum absolute atomic E-state index is 0.0164. The summed E-state index contributed by atoms with van der Waals surface area (Å²) in [7, 11) is 0. The Morgan fingerprint density at radius 2 is 1.59 bits per heavy atom. The maximum atomic E-state index is 13.2. The molecule has 1 aliphatic heterocycles. The molecule has 1 amide bonds. The number of nitrogens with zero attached hydrogens (tertiary/aromatic N) is 1. The molecule has 1 unspecified atom stereocenters. The molecule has 0 saturated carbocycles. The van der Waals surface area contributed by atoms with Gasteiger partial charge in [0.15, 0.2) is 11.5 Å². The molecule has 0 saturated heterocycles. The van der Waals surface area contributed by atoms with Crippen molar-refractivity contribution in [3.63, 3.8) is 0 Å². The van der Waals surface area contributed by atoms with Crippen LogP contribution in [0.1, 0.15) is 23.6 Å². The SMILES string of the molecule is O=C(CCc1ccccc1)C1=C(O)C(=O)N(c2ccc(Cl)c(Cl)c2)C1c1ccc(O)cc1. The summed E-state index contributed by atoms with van der Waals surface area (Å²) >= 11 is 12.2. The number of phenols is 1. The first-order valence-electron chi connectivity index (χ1n) is 9.94. The number of aromatic hydroxyl groups is 1. The van der Waals surface area contributed by atoms with Crippen LogP contribution in [0.25, 0.3) is 0 Å². The molecule has 0 aromatic heterocycles. The lowest BCUT2D eigenvalue weighted by Gasteiger charge is -2.27. The van der Waals surface area contributed by atoms with E-state index in [0.29, 0.717) is 22.7 Å². The van der Waals surface area contributed by atoms with Crippen molar-refractivity contribution in [1.29, 1.82) is 0 Å². The number of amides is 1. The number of aryl methyl sites for hydroxylation is 1. The number of carbonyl (C=O) groups is 2. The molecule has 7 heteroatoms. The third-order valence-corrected chi connectivity index (χ3v) is 6.12. The first-order valence-corrected chi connectivity index (χ1v) is 10.7. The quantitative estimate of drug-likeness (QED) is 0.479. The summed E-state index contributed by atoms with van der Waals surface area (Å²) in [6.45, 7) is 0. The van der Waals surface area contributed by atoms with E-state index in [9.17, 15) is 19.8 Å². The highest BCUT2D eigenvalue weighted by Gasteiger charge is 2.44. The van der Waals surface area contributed by atoms with E-state index < -0.39 is 17.7 Å². The number of aliphatic hydroxyl groups excluding tert-OH is 1. The van der Waals surface area contributed by atoms with Gasteiger partial charge in [-0.1, -0.05) is 65.7 Å². The van der Waals surface area contributed by atoms with Gasteiger partial charge in [-0.05, 0) is 47.9 Å². The maximum Gasteiger partial charge on any atom is 0.294 e. The fourth-order valence-electron chi connectivity index (χ4n) is 3.80. The van der Waals surface area contributed by atoms with E-state index >= 15 is 0 Å². The molecular weight excluding hydrogens is 449 g/mol. The zero-order chi connectivity index (χ0) is 22.8. The molecule has 2 N–H and O–H groups in total. The number of benzene rings is 3. The molecule has 0 bridgehead atoms. The van der Waals surface area contributed by atoms with Crippen molar-refractivity contribution in [2.75, 3.05) is 4.90 Å². The standard InChI is InChI=1S/C25H19Cl2NO4/c26-19-12-9-17(14-20(19)27)28-23(16-7-10-18(29)11-8-16)22(24(31)25(28)32)21(30)13-6-15-4-2-1-3-5-15/h1-5,7-12,14,23,29,31H,6,13H2. The first kappa shape index (κ1) is 21.9. The fourth-order valence-corrected chi connectivity index (χ4v) is 4.09. The summed E-state index contributed by atoms with van der Waals surface area (Å²) in [5, 5.41) is 21.0. The first-order chi connectivity index (χ1) is 15.4. The number of carbonyl (C=O) groups excluding carboxylic acids is 2. The number of hydrogen-bond donors (Lipinski definition) is 2. The van der Waals surface area contributed by atoms with Crippen LogP contribution in [-0.2, 0) is 16.0 Å². The molecule has 32 heavy (non-hydrogen) atoms. The second kappa shape index (κ2) is 9.07. The second-order valence-electron chi connectivity index (χ2n) is 7.44. The Bertz CT molecular complexity index is 1210. The summed E-state index contributed by atoms with van der Waals surface area (Å²) in [5.41, 5.74) is 1.95. The van der Waals surface area contributed by atoms with Crippen molar-refractivity contribution in [3.05, 3.63) is 105 Å². The van der Waals surface area contributed by atoms with Gasteiger partial charge in [-0.2, -0.15) is 0 Å². The lowest BCUT2D eigenvalue weighted by molar-refractivity contribution is -0.118. The number of hydrogen-bond acceptors (Lipinski definition) is 4. The third kappa shape index (κ3) is 4.22. The van der Waals surface area contributed by atoms with E-state index in [1.54, 1.807) is 24.3 Å². The van der Waals surface area contributed by atoms with Gasteiger partial charge < -0.3 is 10.2 Å². The predicted molar refractivity (Wildman–Crippen MR) is 124 cm³/mol. The third-order valence-electron chi connectivity index (χ3n) is 5.38. The Morgan fingerprint density at radius 1 is 0.906 bits per heavy atom. The number of aliphatic hydroxyl groups is 1. The van der Waals surface area contributed by atoms with Crippen LogP contribution in [0.2, 0.25) is 10.0 Å². The molecule has 3 aromatic rings. The normalized spacial score (nSPS) is 16.0. The van der Waals surface area contributed by atoms with Gasteiger partial charge in [0.25, 0.3) is 5.91 Å². The number of Topliss-reactive ketones (excluding diaryl/α,β-unsaturated/α-hetero) is 1. The summed E-state index contributed by atoms with van der Waals surface area (Å²) in [6, 6.07) is 19.5. The highest BCUT2D eigenvalue weighted by Crippen LogP contribution is 2.43. The maximum absolute atomic E-state index is 13.2. The predicted octanol–water partition coefficient (Wildman–Crippen LogP) is 5.80. The van der Waals surface area contributed by atoms with Gasteiger partial charge in [-0.3, -0.25) is 14.5 Å². The summed E-state index contributed by atoms with van der Waals surface area (Å²) in [4.78, 5) is 27.6. The molecule has 4 rings (SSSR count). The number of rotatable bonds is 6. The summed E-state index contributed by atoms with van der Waals surface area (Å²) in [6.07, 6.45) is 0.597. The average molecular weight is 468 g/mol. The van der Waals surface area contributed by atoms with E-state index in [1.807, 2.05) is 30.3 Å². The van der Waals surface area contributed by atoms with Crippen LogP contribution in [0.15, 0.2) is 84.1 Å². The van der Waals surface area contributed by atoms with Crippen molar-refractivity contribution >= 4 is 40.6 Å². The van der Waals surface area contributed by atoms with Gasteiger partial charge >= 0.3 is 0 Å². The molecule has 0 spiro atoms. The zero-order valence-corrected chi connectivity index (χ0v) is 18.3. The van der Waals surface area contributed by atoms with Crippen LogP contribution < -0.4 is 4.90 Å². The summed E-state index contributed by atoms with van der Waals surface area (Å²) in [5.74, 6) is -1.58. The molecule has 1 heterocycles. The van der Waals surface area contributed by atoms with Crippen LogP contribution >= 0.6 is 23.2 Å². The number of ketones is 1. The molecule has 1 aliphatic rings. The van der Waals surface area contributed by atoms with Crippen molar-refractivity contribution in [1.82, 2.24) is 0 Å². The lowest BCUT2D eigenvalue weighted by Crippen LogP contribution is -2.31. The van der Waals surface area contributed by atoms with Gasteiger partial charge in [0.2, 0.25) is 0 Å². The number of halogens is 2. The molecule has 0 radical (unpaired) electrons. The number of anilines is 1. The average Bonchev–Trinajstić information content (AvgIpc) is 3.06. The van der Waals surface area contributed by atoms with Crippen LogP contribution in [0, 0.1) is 0 Å². The fraction of sp³-hybridized carbons (Fsp3) is 0.120. The van der Waals surface area contributed by atoms with Gasteiger partial charge in [0.1, 0.15) is 5.75 Å². The smallest absolute Gasteiger partial charge is 0.294 e. The zero-order valence-electron chi connectivity index (χ0n) is 16.8. The Labute approximate surface area is 195 Å². The van der Waals surface area contributed by atoms with E-state index in [2.05, 4.69) is 0 Å². The van der Waals surface area contributed by atoms with Crippen molar-refractivity contribution in [2.45, 2.75) is 18.9 Å². The second-order valence-corrected chi connectivity index (χ2v) is 8.25. The Balaban J connectivity index is 1.74. The monoisotopic (exact) mass is 467 g/mol. The topological polar surface area (TPSA) is 77.8 Å². The van der Waals surface area contributed by atoms with Crippen LogP contribution in [0.5, 0.6) is 5.75 Å². The van der Waals surface area contributed by atoms with Gasteiger partial charge in [0, 0.05) is 12.1 Å². The van der Waals surface area contributed by atoms with E-state index in [0.717, 1.165) is 5.56 Å². The van der Waals surface area contributed by atoms with Crippen LogP contribution in [-0.4, -0.2) is 21.9 Å². The minimum atomic E-state index is -0.872. The van der Waals surface area contributed by atoms with E-state index in [4.69, 9.17) is 23.2 Å². The van der Waals surface area contributed by atoms with E-state index in [-0.39, 0.29) is 28.5 Å². The molecule has 162 valence electrons. The molecule has 5 nitrogen and oxygen atoms in total. The molecule has 1 atom stereocenters. The van der Waals surface area contributed by atoms with Crippen LogP contribution in [0.3, 0.4) is 0 Å². The lowest BCUT2D eigenvalue weighted by atomic mass is 9.93. The minimum Gasteiger partial charge on any atom is -0.508 e. The van der Waals surface area contributed by atoms with E-state index in [1.165, 1.54) is 23.1 Å². The van der Waals surface area contributed by atoms with Crippen molar-refractivity contribution in [2.24, 2.45) is 0 Å². The van der Waals surface area contributed by atoms with Gasteiger partial charge in [0.05, 0.1) is 21.7 Å². The highest BCUT2D eigenvalue weighted by atomic mass is 35.5. The van der Waals surface area contributed by atoms with Crippen molar-refractivity contribution < 1.29 is 19.8 Å². The Kier molecular flexibility index (Phi) is 6.21. The highest BCUT2D eigenvalue weighted by molar-refractivity contribution is 6.42. The van der Waals surface area contributed by atoms with Gasteiger partial charge in [-0.15, -0.1) is 0 Å². The summed E-state index contributed by atoms with van der Waals surface area (Å²) < 4.78 is 0. The molecule has 0 aliphatic carbocycles. The Hall–Kier alpha value is -3.28. The van der Waals surface area contributed by atoms with Crippen molar-refractivity contribution in [3.8, 4) is 5.75 Å². The Morgan fingerprint density at radius 3 is 2.25 bits per heavy atom.